The van der Waals surface area contributed by atoms with Crippen molar-refractivity contribution in [3.63, 3.8) is 0 Å². The van der Waals surface area contributed by atoms with Gasteiger partial charge in [-0.1, -0.05) is 0 Å². The minimum Gasteiger partial charge on any atom is -0.312 e. The van der Waals surface area contributed by atoms with Crippen LogP contribution in [0.15, 0.2) is 0 Å². The molecule has 1 heterocycles. The Morgan fingerprint density at radius 3 is 2.85 bits per heavy atom. The quantitative estimate of drug-likeness (QED) is 0.516. The van der Waals surface area contributed by atoms with Crippen LogP contribution in [0.3, 0.4) is 0 Å². The zero-order valence-electron chi connectivity index (χ0n) is 8.93. The molecule has 0 aromatic carbocycles. The number of nitrogens with one attached hydrogen (secondary N) is 1. The maximum Gasteiger partial charge on any atom is 0.0214 e. The fourth-order valence-electron chi connectivity index (χ4n) is 1.81. The summed E-state index contributed by atoms with van der Waals surface area (Å²) in [4.78, 5) is 2.41. The van der Waals surface area contributed by atoms with E-state index in [9.17, 15) is 0 Å². The van der Waals surface area contributed by atoms with Gasteiger partial charge < -0.3 is 10.2 Å². The Morgan fingerprint density at radius 1 is 1.54 bits per heavy atom. The Bertz CT molecular complexity index is 192. The number of nitrogens with zero attached hydrogens (tertiary/aromatic N) is 1. The van der Waals surface area contributed by atoms with Gasteiger partial charge >= 0.3 is 0 Å². The summed E-state index contributed by atoms with van der Waals surface area (Å²) in [5.74, 6) is 5.98. The lowest BCUT2D eigenvalue weighted by Gasteiger charge is -2.12. The topological polar surface area (TPSA) is 15.3 Å². The second kappa shape index (κ2) is 5.26. The Kier molecular flexibility index (Phi) is 4.27. The molecule has 0 spiro atoms. The van der Waals surface area contributed by atoms with E-state index in [2.05, 4.69) is 36.0 Å². The SMILES string of the molecule is CC#CCCNC1CC(C)N(C)C1. The molecule has 0 amide bonds. The molecule has 1 saturated heterocycles. The van der Waals surface area contributed by atoms with Gasteiger partial charge in [-0.2, -0.15) is 0 Å². The van der Waals surface area contributed by atoms with E-state index in [1.54, 1.807) is 0 Å². The highest BCUT2D eigenvalue weighted by Crippen LogP contribution is 2.14. The molecule has 1 fully saturated rings. The highest BCUT2D eigenvalue weighted by molar-refractivity contribution is 4.95. The first-order chi connectivity index (χ1) is 6.24. The Hall–Kier alpha value is -0.520. The molecule has 1 aliphatic rings. The number of likely N-dealkylation sites (tertiary alicyclic amines) is 1. The van der Waals surface area contributed by atoms with Crippen LogP contribution in [-0.4, -0.2) is 37.1 Å². The maximum absolute atomic E-state index is 3.53. The van der Waals surface area contributed by atoms with E-state index < -0.39 is 0 Å². The van der Waals surface area contributed by atoms with E-state index in [4.69, 9.17) is 0 Å². The minimum atomic E-state index is 0.679. The van der Waals surface area contributed by atoms with E-state index in [0.717, 1.165) is 19.0 Å². The minimum absolute atomic E-state index is 0.679. The molecule has 2 heteroatoms. The third-order valence-corrected chi connectivity index (χ3v) is 2.75. The van der Waals surface area contributed by atoms with Gasteiger partial charge in [0.15, 0.2) is 0 Å². The maximum atomic E-state index is 3.53. The normalized spacial score (nSPS) is 28.5. The van der Waals surface area contributed by atoms with Gasteiger partial charge in [-0.3, -0.25) is 0 Å². The van der Waals surface area contributed by atoms with Crippen molar-refractivity contribution in [1.29, 1.82) is 0 Å². The van der Waals surface area contributed by atoms with E-state index in [1.807, 2.05) is 6.92 Å². The zero-order valence-corrected chi connectivity index (χ0v) is 8.93. The van der Waals surface area contributed by atoms with Crippen molar-refractivity contribution in [2.45, 2.75) is 38.8 Å². The van der Waals surface area contributed by atoms with E-state index in [1.165, 1.54) is 13.0 Å². The molecule has 0 aromatic rings. The molecule has 2 atom stereocenters. The van der Waals surface area contributed by atoms with Gasteiger partial charge in [0.1, 0.15) is 0 Å². The first-order valence-electron chi connectivity index (χ1n) is 5.07. The van der Waals surface area contributed by atoms with Gasteiger partial charge in [-0.25, -0.2) is 0 Å². The average molecular weight is 180 g/mol. The van der Waals surface area contributed by atoms with Gasteiger partial charge in [-0.15, -0.1) is 11.8 Å². The van der Waals surface area contributed by atoms with Gasteiger partial charge in [0.2, 0.25) is 0 Å². The molecular formula is C11H20N2. The molecule has 1 rings (SSSR count). The van der Waals surface area contributed by atoms with Crippen molar-refractivity contribution >= 4 is 0 Å². The Balaban J connectivity index is 2.12. The summed E-state index contributed by atoms with van der Waals surface area (Å²) in [6.45, 7) is 6.39. The lowest BCUT2D eigenvalue weighted by molar-refractivity contribution is 0.327. The van der Waals surface area contributed by atoms with Crippen molar-refractivity contribution in [1.82, 2.24) is 10.2 Å². The van der Waals surface area contributed by atoms with Gasteiger partial charge in [0.25, 0.3) is 0 Å². The summed E-state index contributed by atoms with van der Waals surface area (Å²) in [6, 6.07) is 1.41. The van der Waals surface area contributed by atoms with Crippen LogP contribution in [-0.2, 0) is 0 Å². The fourth-order valence-corrected chi connectivity index (χ4v) is 1.81. The van der Waals surface area contributed by atoms with E-state index in [0.29, 0.717) is 6.04 Å². The molecular weight excluding hydrogens is 160 g/mol. The van der Waals surface area contributed by atoms with Crippen LogP contribution in [0.2, 0.25) is 0 Å². The Labute approximate surface area is 81.7 Å². The predicted molar refractivity (Wildman–Crippen MR) is 56.6 cm³/mol. The predicted octanol–water partition coefficient (Wildman–Crippen LogP) is 1.08. The van der Waals surface area contributed by atoms with Crippen molar-refractivity contribution < 1.29 is 0 Å². The average Bonchev–Trinajstić information content (AvgIpc) is 2.41. The highest BCUT2D eigenvalue weighted by Gasteiger charge is 2.24. The van der Waals surface area contributed by atoms with Crippen LogP contribution in [0.4, 0.5) is 0 Å². The van der Waals surface area contributed by atoms with Crippen LogP contribution >= 0.6 is 0 Å². The number of hydrogen-bond acceptors (Lipinski definition) is 2. The first-order valence-corrected chi connectivity index (χ1v) is 5.07. The summed E-state index contributed by atoms with van der Waals surface area (Å²) in [6.07, 6.45) is 2.25. The second-order valence-electron chi connectivity index (χ2n) is 3.85. The van der Waals surface area contributed by atoms with Crippen LogP contribution in [0.25, 0.3) is 0 Å². The van der Waals surface area contributed by atoms with Crippen LogP contribution < -0.4 is 5.32 Å². The molecule has 74 valence electrons. The van der Waals surface area contributed by atoms with Crippen molar-refractivity contribution in [2.24, 2.45) is 0 Å². The molecule has 1 N–H and O–H groups in total. The summed E-state index contributed by atoms with van der Waals surface area (Å²) >= 11 is 0. The number of hydrogen-bond donors (Lipinski definition) is 1. The smallest absolute Gasteiger partial charge is 0.0214 e. The first kappa shape index (κ1) is 10.6. The molecule has 13 heavy (non-hydrogen) atoms. The van der Waals surface area contributed by atoms with E-state index in [-0.39, 0.29) is 0 Å². The highest BCUT2D eigenvalue weighted by atomic mass is 15.2. The van der Waals surface area contributed by atoms with Crippen molar-refractivity contribution in [3.05, 3.63) is 0 Å². The molecule has 0 aromatic heterocycles. The summed E-state index contributed by atoms with van der Waals surface area (Å²) in [5, 5.41) is 3.53. The zero-order chi connectivity index (χ0) is 9.68. The van der Waals surface area contributed by atoms with Crippen LogP contribution in [0.1, 0.15) is 26.7 Å². The van der Waals surface area contributed by atoms with E-state index >= 15 is 0 Å². The van der Waals surface area contributed by atoms with Crippen molar-refractivity contribution in [2.75, 3.05) is 20.1 Å². The molecule has 0 bridgehead atoms. The lowest BCUT2D eigenvalue weighted by atomic mass is 10.2. The number of rotatable bonds is 3. The van der Waals surface area contributed by atoms with Crippen LogP contribution in [0, 0.1) is 11.8 Å². The largest absolute Gasteiger partial charge is 0.312 e. The molecule has 2 unspecified atom stereocenters. The fraction of sp³-hybridized carbons (Fsp3) is 0.818. The molecule has 0 aliphatic carbocycles. The summed E-state index contributed by atoms with van der Waals surface area (Å²) in [7, 11) is 2.19. The van der Waals surface area contributed by atoms with Crippen LogP contribution in [0.5, 0.6) is 0 Å². The van der Waals surface area contributed by atoms with Gasteiger partial charge in [-0.05, 0) is 27.3 Å². The monoisotopic (exact) mass is 180 g/mol. The summed E-state index contributed by atoms with van der Waals surface area (Å²) < 4.78 is 0. The lowest BCUT2D eigenvalue weighted by Crippen LogP contribution is -2.32. The Morgan fingerprint density at radius 2 is 2.31 bits per heavy atom. The standard InChI is InChI=1S/C11H20N2/c1-4-5-6-7-12-11-8-10(2)13(3)9-11/h10-12H,6-9H2,1-3H3. The van der Waals surface area contributed by atoms with Gasteiger partial charge in [0, 0.05) is 31.6 Å². The van der Waals surface area contributed by atoms with Crippen molar-refractivity contribution in [3.8, 4) is 11.8 Å². The van der Waals surface area contributed by atoms with Gasteiger partial charge in [0.05, 0.1) is 0 Å². The number of likely N-dealkylation sites (N-methyl/N-ethyl adjacent to an activating group) is 1. The second-order valence-corrected chi connectivity index (χ2v) is 3.85. The third kappa shape index (κ3) is 3.38. The molecule has 0 saturated carbocycles. The molecule has 1 aliphatic heterocycles. The summed E-state index contributed by atoms with van der Waals surface area (Å²) in [5.41, 5.74) is 0. The third-order valence-electron chi connectivity index (χ3n) is 2.75. The molecule has 2 nitrogen and oxygen atoms in total. The molecule has 0 radical (unpaired) electrons.